The molecule has 0 radical (unpaired) electrons. The third kappa shape index (κ3) is 2.68. The summed E-state index contributed by atoms with van der Waals surface area (Å²) in [5, 5.41) is -1.16. The molecule has 1 heterocycles. The van der Waals surface area contributed by atoms with E-state index in [0.717, 1.165) is 38.5 Å². The number of halogens is 1. The van der Waals surface area contributed by atoms with Crippen LogP contribution in [-0.4, -0.2) is 36.6 Å². The van der Waals surface area contributed by atoms with Crippen molar-refractivity contribution in [2.75, 3.05) is 6.54 Å². The molecule has 1 saturated heterocycles. The van der Waals surface area contributed by atoms with Crippen LogP contribution in [0.5, 0.6) is 0 Å². The molecule has 0 aromatic rings. The average molecular weight is 277 g/mol. The van der Waals surface area contributed by atoms with Crippen molar-refractivity contribution >= 4 is 16.1 Å². The molecule has 2 fully saturated rings. The summed E-state index contributed by atoms with van der Waals surface area (Å²) in [5.74, 6) is -0.217. The molecule has 1 aliphatic carbocycles. The molecule has 0 spiro atoms. The minimum absolute atomic E-state index is 0.0220. The molecule has 1 unspecified atom stereocenters. The lowest BCUT2D eigenvalue weighted by atomic mass is 9.91. The van der Waals surface area contributed by atoms with Crippen molar-refractivity contribution in [3.8, 4) is 0 Å². The Labute approximate surface area is 108 Å². The molecule has 18 heavy (non-hydrogen) atoms. The highest BCUT2D eigenvalue weighted by molar-refractivity contribution is 7.87. The van der Waals surface area contributed by atoms with Gasteiger partial charge in [0, 0.05) is 18.5 Å². The Bertz CT molecular complexity index is 427. The smallest absolute Gasteiger partial charge is 0.307 e. The number of carbonyl (C=O) groups is 1. The first kappa shape index (κ1) is 13.8. The minimum Gasteiger partial charge on any atom is -0.336 e. The van der Waals surface area contributed by atoms with Crippen LogP contribution in [0.3, 0.4) is 0 Å². The largest absolute Gasteiger partial charge is 0.336 e. The Morgan fingerprint density at radius 2 is 1.78 bits per heavy atom. The van der Waals surface area contributed by atoms with E-state index in [9.17, 15) is 17.1 Å². The molecular formula is C12H20FNO3S. The van der Waals surface area contributed by atoms with Crippen molar-refractivity contribution in [1.82, 2.24) is 4.90 Å². The Hall–Kier alpha value is -0.650. The second-order valence-corrected chi connectivity index (χ2v) is 7.33. The highest BCUT2D eigenvalue weighted by Gasteiger charge is 2.45. The molecule has 2 aliphatic rings. The maximum Gasteiger partial charge on any atom is 0.307 e. The summed E-state index contributed by atoms with van der Waals surface area (Å²) in [5.41, 5.74) is -0.285. The number of rotatable bonds is 2. The quantitative estimate of drug-likeness (QED) is 0.573. The zero-order chi connectivity index (χ0) is 13.4. The Morgan fingerprint density at radius 1 is 1.22 bits per heavy atom. The predicted molar refractivity (Wildman–Crippen MR) is 66.3 cm³/mol. The second-order valence-electron chi connectivity index (χ2n) is 5.72. The van der Waals surface area contributed by atoms with Crippen LogP contribution in [0.1, 0.15) is 51.9 Å². The standard InChI is InChI=1S/C12H20FNO3S/c1-12(6-4-2-3-5-7-12)14-9-10(8-11(14)15)18(13,16)17/h10H,2-9H2,1H3. The van der Waals surface area contributed by atoms with Crippen LogP contribution in [0.4, 0.5) is 3.89 Å². The van der Waals surface area contributed by atoms with E-state index in [1.807, 2.05) is 6.92 Å². The maximum atomic E-state index is 13.0. The molecule has 1 aliphatic heterocycles. The van der Waals surface area contributed by atoms with Crippen molar-refractivity contribution < 1.29 is 17.1 Å². The topological polar surface area (TPSA) is 54.5 Å². The molecule has 0 aromatic heterocycles. The lowest BCUT2D eigenvalue weighted by Gasteiger charge is -2.38. The van der Waals surface area contributed by atoms with E-state index >= 15 is 0 Å². The number of likely N-dealkylation sites (tertiary alicyclic amines) is 1. The van der Waals surface area contributed by atoms with Crippen LogP contribution >= 0.6 is 0 Å². The zero-order valence-corrected chi connectivity index (χ0v) is 11.5. The highest BCUT2D eigenvalue weighted by Crippen LogP contribution is 2.36. The van der Waals surface area contributed by atoms with E-state index in [4.69, 9.17) is 0 Å². The first-order chi connectivity index (χ1) is 8.33. The first-order valence-corrected chi connectivity index (χ1v) is 8.01. The summed E-state index contributed by atoms with van der Waals surface area (Å²) in [6, 6.07) is 0. The summed E-state index contributed by atoms with van der Waals surface area (Å²) < 4.78 is 34.9. The molecule has 2 rings (SSSR count). The number of amides is 1. The zero-order valence-electron chi connectivity index (χ0n) is 10.7. The molecule has 6 heteroatoms. The monoisotopic (exact) mass is 277 g/mol. The minimum atomic E-state index is -4.61. The van der Waals surface area contributed by atoms with E-state index in [1.165, 1.54) is 0 Å². The van der Waals surface area contributed by atoms with Crippen molar-refractivity contribution in [3.63, 3.8) is 0 Å². The van der Waals surface area contributed by atoms with Gasteiger partial charge in [0.1, 0.15) is 5.25 Å². The molecule has 1 saturated carbocycles. The van der Waals surface area contributed by atoms with Gasteiger partial charge in [-0.15, -0.1) is 3.89 Å². The molecule has 4 nitrogen and oxygen atoms in total. The summed E-state index contributed by atoms with van der Waals surface area (Å²) in [6.45, 7) is 2.03. The number of hydrogen-bond donors (Lipinski definition) is 0. The van der Waals surface area contributed by atoms with Crippen molar-refractivity contribution in [3.05, 3.63) is 0 Å². The number of hydrogen-bond acceptors (Lipinski definition) is 3. The third-order valence-electron chi connectivity index (χ3n) is 4.32. The molecule has 0 bridgehead atoms. The molecule has 0 aromatic carbocycles. The molecule has 1 atom stereocenters. The van der Waals surface area contributed by atoms with Crippen molar-refractivity contribution in [1.29, 1.82) is 0 Å². The number of nitrogens with zero attached hydrogens (tertiary/aromatic N) is 1. The van der Waals surface area contributed by atoms with Crippen LogP contribution in [0.2, 0.25) is 0 Å². The fraction of sp³-hybridized carbons (Fsp3) is 0.917. The van der Waals surface area contributed by atoms with Crippen molar-refractivity contribution in [2.24, 2.45) is 0 Å². The van der Waals surface area contributed by atoms with Gasteiger partial charge in [0.2, 0.25) is 5.91 Å². The van der Waals surface area contributed by atoms with Crippen LogP contribution in [0.15, 0.2) is 0 Å². The van der Waals surface area contributed by atoms with Crippen LogP contribution in [0.25, 0.3) is 0 Å². The SMILES string of the molecule is CC1(N2CC(S(=O)(=O)F)CC2=O)CCCCCC1. The predicted octanol–water partition coefficient (Wildman–Crippen LogP) is 2.00. The number of carbonyl (C=O) groups excluding carboxylic acids is 1. The van der Waals surface area contributed by atoms with Gasteiger partial charge in [-0.25, -0.2) is 0 Å². The van der Waals surface area contributed by atoms with Gasteiger partial charge in [0.15, 0.2) is 0 Å². The first-order valence-electron chi connectivity index (χ1n) is 6.57. The van der Waals surface area contributed by atoms with E-state index in [-0.39, 0.29) is 24.4 Å². The van der Waals surface area contributed by atoms with Crippen molar-refractivity contribution in [2.45, 2.75) is 62.7 Å². The van der Waals surface area contributed by atoms with E-state index in [2.05, 4.69) is 0 Å². The van der Waals surface area contributed by atoms with Gasteiger partial charge in [0.25, 0.3) is 0 Å². The van der Waals surface area contributed by atoms with Gasteiger partial charge in [-0.1, -0.05) is 25.7 Å². The summed E-state index contributed by atoms with van der Waals surface area (Å²) in [4.78, 5) is 13.6. The molecule has 104 valence electrons. The lowest BCUT2D eigenvalue weighted by Crippen LogP contribution is -2.47. The van der Waals surface area contributed by atoms with Gasteiger partial charge in [-0.3, -0.25) is 4.79 Å². The Balaban J connectivity index is 2.15. The molecular weight excluding hydrogens is 257 g/mol. The normalized spacial score (nSPS) is 29.3. The van der Waals surface area contributed by atoms with E-state index < -0.39 is 15.5 Å². The Kier molecular flexibility index (Phi) is 3.67. The maximum absolute atomic E-state index is 13.0. The highest BCUT2D eigenvalue weighted by atomic mass is 32.3. The van der Waals surface area contributed by atoms with Crippen LogP contribution in [0, 0.1) is 0 Å². The van der Waals surface area contributed by atoms with E-state index in [0.29, 0.717) is 0 Å². The fourth-order valence-electron chi connectivity index (χ4n) is 3.15. The van der Waals surface area contributed by atoms with Gasteiger partial charge < -0.3 is 4.90 Å². The summed E-state index contributed by atoms with van der Waals surface area (Å²) >= 11 is 0. The molecule has 0 N–H and O–H groups in total. The second kappa shape index (κ2) is 4.79. The van der Waals surface area contributed by atoms with E-state index in [1.54, 1.807) is 4.90 Å². The average Bonchev–Trinajstić information content (AvgIpc) is 2.53. The van der Waals surface area contributed by atoms with Gasteiger partial charge in [-0.2, -0.15) is 8.42 Å². The summed E-state index contributed by atoms with van der Waals surface area (Å²) in [6.07, 6.45) is 5.98. The fourth-order valence-corrected chi connectivity index (χ4v) is 3.81. The van der Waals surface area contributed by atoms with Crippen LogP contribution < -0.4 is 0 Å². The third-order valence-corrected chi connectivity index (χ3v) is 5.43. The van der Waals surface area contributed by atoms with Gasteiger partial charge >= 0.3 is 10.2 Å². The molecule has 1 amide bonds. The van der Waals surface area contributed by atoms with Gasteiger partial charge in [0.05, 0.1) is 0 Å². The summed E-state index contributed by atoms with van der Waals surface area (Å²) in [7, 11) is -4.61. The Morgan fingerprint density at radius 3 is 2.22 bits per heavy atom. The van der Waals surface area contributed by atoms with Crippen LogP contribution in [-0.2, 0) is 15.0 Å². The van der Waals surface area contributed by atoms with Gasteiger partial charge in [-0.05, 0) is 19.8 Å². The lowest BCUT2D eigenvalue weighted by molar-refractivity contribution is -0.133.